The topological polar surface area (TPSA) is 58.6 Å². The van der Waals surface area contributed by atoms with Crippen molar-refractivity contribution in [3.8, 4) is 5.75 Å². The molecule has 1 rings (SSSR count). The van der Waals surface area contributed by atoms with E-state index < -0.39 is 6.10 Å². The minimum Gasteiger partial charge on any atom is -0.481 e. The summed E-state index contributed by atoms with van der Waals surface area (Å²) in [5, 5.41) is 11.8. The van der Waals surface area contributed by atoms with E-state index in [1.54, 1.807) is 33.0 Å². The van der Waals surface area contributed by atoms with Crippen LogP contribution in [0.5, 0.6) is 5.75 Å². The van der Waals surface area contributed by atoms with Gasteiger partial charge in [0.1, 0.15) is 5.75 Å². The van der Waals surface area contributed by atoms with Crippen molar-refractivity contribution in [1.29, 1.82) is 0 Å². The number of ether oxygens (including phenoxy) is 1. The van der Waals surface area contributed by atoms with Gasteiger partial charge < -0.3 is 15.2 Å². The van der Waals surface area contributed by atoms with Gasteiger partial charge >= 0.3 is 0 Å². The zero-order valence-electron chi connectivity index (χ0n) is 10.4. The third-order valence-electron chi connectivity index (χ3n) is 2.38. The van der Waals surface area contributed by atoms with E-state index in [-0.39, 0.29) is 12.0 Å². The number of aliphatic hydroxyl groups excluding tert-OH is 1. The van der Waals surface area contributed by atoms with Gasteiger partial charge in [0.05, 0.1) is 6.10 Å². The van der Waals surface area contributed by atoms with Gasteiger partial charge in [-0.1, -0.05) is 12.1 Å². The summed E-state index contributed by atoms with van der Waals surface area (Å²) in [6, 6.07) is 7.38. The molecule has 0 aliphatic heterocycles. The molecule has 0 heterocycles. The van der Waals surface area contributed by atoms with Gasteiger partial charge in [-0.25, -0.2) is 0 Å². The number of hydrogen-bond donors (Lipinski definition) is 2. The predicted octanol–water partition coefficient (Wildman–Crippen LogP) is 1.12. The van der Waals surface area contributed by atoms with Crippen molar-refractivity contribution >= 4 is 5.91 Å². The van der Waals surface area contributed by atoms with E-state index in [0.717, 1.165) is 5.56 Å². The Bertz CT molecular complexity index is 359. The first-order valence-electron chi connectivity index (χ1n) is 5.68. The molecule has 0 saturated heterocycles. The maximum atomic E-state index is 11.3. The summed E-state index contributed by atoms with van der Waals surface area (Å²) in [6.07, 6.45) is -0.250. The number of likely N-dealkylation sites (N-methyl/N-ethyl adjacent to an activating group) is 1. The van der Waals surface area contributed by atoms with Crippen LogP contribution in [0, 0.1) is 0 Å². The number of hydrogen-bond acceptors (Lipinski definition) is 3. The van der Waals surface area contributed by atoms with Crippen LogP contribution in [0.3, 0.4) is 0 Å². The lowest BCUT2D eigenvalue weighted by Gasteiger charge is -2.13. The second-order valence-electron chi connectivity index (χ2n) is 4.07. The Labute approximate surface area is 102 Å². The molecule has 0 aliphatic rings. The third kappa shape index (κ3) is 4.44. The molecule has 94 valence electrons. The first kappa shape index (κ1) is 13.5. The molecule has 0 aromatic heterocycles. The molecule has 2 atom stereocenters. The van der Waals surface area contributed by atoms with Gasteiger partial charge in [-0.3, -0.25) is 4.79 Å². The van der Waals surface area contributed by atoms with Gasteiger partial charge in [0.15, 0.2) is 6.10 Å². The van der Waals surface area contributed by atoms with Crippen LogP contribution in [0.15, 0.2) is 24.3 Å². The molecule has 0 aliphatic carbocycles. The second kappa shape index (κ2) is 6.25. The van der Waals surface area contributed by atoms with Crippen LogP contribution in [0.4, 0.5) is 0 Å². The molecule has 2 N–H and O–H groups in total. The Balaban J connectivity index is 2.59. The van der Waals surface area contributed by atoms with Crippen molar-refractivity contribution in [2.45, 2.75) is 32.5 Å². The molecule has 1 amide bonds. The molecule has 0 fully saturated rings. The van der Waals surface area contributed by atoms with Gasteiger partial charge in [-0.05, 0) is 38.0 Å². The van der Waals surface area contributed by atoms with E-state index in [1.807, 2.05) is 12.1 Å². The van der Waals surface area contributed by atoms with Crippen LogP contribution in [-0.2, 0) is 11.2 Å². The summed E-state index contributed by atoms with van der Waals surface area (Å²) in [5.74, 6) is 0.494. The molecule has 4 heteroatoms. The summed E-state index contributed by atoms with van der Waals surface area (Å²) in [7, 11) is 1.58. The fourth-order valence-electron chi connectivity index (χ4n) is 1.51. The predicted molar refractivity (Wildman–Crippen MR) is 66.0 cm³/mol. The minimum atomic E-state index is -0.511. The van der Waals surface area contributed by atoms with Crippen LogP contribution in [0.2, 0.25) is 0 Å². The number of benzene rings is 1. The number of carbonyl (C=O) groups excluding carboxylic acids is 1. The van der Waals surface area contributed by atoms with Crippen molar-refractivity contribution < 1.29 is 14.6 Å². The highest BCUT2D eigenvalue weighted by Gasteiger charge is 2.12. The fraction of sp³-hybridized carbons (Fsp3) is 0.462. The maximum absolute atomic E-state index is 11.3. The Morgan fingerprint density at radius 3 is 2.41 bits per heavy atom. The molecule has 17 heavy (non-hydrogen) atoms. The van der Waals surface area contributed by atoms with Gasteiger partial charge in [-0.2, -0.15) is 0 Å². The third-order valence-corrected chi connectivity index (χ3v) is 2.38. The molecule has 0 bridgehead atoms. The summed E-state index contributed by atoms with van der Waals surface area (Å²) < 4.78 is 5.45. The van der Waals surface area contributed by atoms with E-state index >= 15 is 0 Å². The number of aliphatic hydroxyl groups is 1. The van der Waals surface area contributed by atoms with Gasteiger partial charge in [-0.15, -0.1) is 0 Å². The van der Waals surface area contributed by atoms with Crippen LogP contribution in [0.25, 0.3) is 0 Å². The average Bonchev–Trinajstić information content (AvgIpc) is 2.30. The van der Waals surface area contributed by atoms with E-state index in [0.29, 0.717) is 12.2 Å². The van der Waals surface area contributed by atoms with E-state index in [1.165, 1.54) is 0 Å². The van der Waals surface area contributed by atoms with Crippen molar-refractivity contribution in [1.82, 2.24) is 5.32 Å². The summed E-state index contributed by atoms with van der Waals surface area (Å²) >= 11 is 0. The highest BCUT2D eigenvalue weighted by atomic mass is 16.5. The normalized spacial score (nSPS) is 13.9. The lowest BCUT2D eigenvalue weighted by Crippen LogP contribution is -2.33. The van der Waals surface area contributed by atoms with Crippen molar-refractivity contribution in [2.24, 2.45) is 0 Å². The number of nitrogens with one attached hydrogen (secondary N) is 1. The quantitative estimate of drug-likeness (QED) is 0.807. The highest BCUT2D eigenvalue weighted by molar-refractivity contribution is 5.80. The lowest BCUT2D eigenvalue weighted by atomic mass is 10.1. The molecular weight excluding hydrogens is 218 g/mol. The first-order chi connectivity index (χ1) is 8.02. The monoisotopic (exact) mass is 237 g/mol. The van der Waals surface area contributed by atoms with Crippen LogP contribution in [-0.4, -0.2) is 30.3 Å². The number of rotatable bonds is 5. The van der Waals surface area contributed by atoms with Crippen molar-refractivity contribution in [3.63, 3.8) is 0 Å². The Hall–Kier alpha value is -1.55. The largest absolute Gasteiger partial charge is 0.481 e. The van der Waals surface area contributed by atoms with Gasteiger partial charge in [0.25, 0.3) is 5.91 Å². The van der Waals surface area contributed by atoms with E-state index in [9.17, 15) is 9.90 Å². The molecule has 1 aromatic rings. The zero-order valence-corrected chi connectivity index (χ0v) is 10.4. The molecule has 4 nitrogen and oxygen atoms in total. The van der Waals surface area contributed by atoms with Crippen LogP contribution in [0.1, 0.15) is 19.4 Å². The second-order valence-corrected chi connectivity index (χ2v) is 4.07. The van der Waals surface area contributed by atoms with E-state index in [4.69, 9.17) is 4.74 Å². The molecule has 2 unspecified atom stereocenters. The van der Waals surface area contributed by atoms with E-state index in [2.05, 4.69) is 5.32 Å². The molecule has 0 spiro atoms. The zero-order chi connectivity index (χ0) is 12.8. The van der Waals surface area contributed by atoms with Crippen molar-refractivity contribution in [2.75, 3.05) is 7.05 Å². The minimum absolute atomic E-state index is 0.155. The van der Waals surface area contributed by atoms with Crippen LogP contribution >= 0.6 is 0 Å². The molecule has 0 radical (unpaired) electrons. The van der Waals surface area contributed by atoms with Crippen molar-refractivity contribution in [3.05, 3.63) is 29.8 Å². The van der Waals surface area contributed by atoms with Gasteiger partial charge in [0.2, 0.25) is 0 Å². The smallest absolute Gasteiger partial charge is 0.260 e. The summed E-state index contributed by atoms with van der Waals surface area (Å²) in [6.45, 7) is 3.45. The number of carbonyl (C=O) groups is 1. The Kier molecular flexibility index (Phi) is 4.97. The maximum Gasteiger partial charge on any atom is 0.260 e. The fourth-order valence-corrected chi connectivity index (χ4v) is 1.51. The van der Waals surface area contributed by atoms with Crippen LogP contribution < -0.4 is 10.1 Å². The SMILES string of the molecule is CNC(=O)C(C)Oc1ccc(CC(C)O)cc1. The number of amides is 1. The lowest BCUT2D eigenvalue weighted by molar-refractivity contribution is -0.126. The Morgan fingerprint density at radius 2 is 1.94 bits per heavy atom. The summed E-state index contributed by atoms with van der Waals surface area (Å²) in [4.78, 5) is 11.3. The molecule has 1 aromatic carbocycles. The molecular formula is C13H19NO3. The first-order valence-corrected chi connectivity index (χ1v) is 5.68. The molecule has 0 saturated carbocycles. The average molecular weight is 237 g/mol. The summed E-state index contributed by atoms with van der Waals surface area (Å²) in [5.41, 5.74) is 1.04. The van der Waals surface area contributed by atoms with Gasteiger partial charge in [0, 0.05) is 7.05 Å². The standard InChI is InChI=1S/C13H19NO3/c1-9(15)8-11-4-6-12(7-5-11)17-10(2)13(16)14-3/h4-7,9-10,15H,8H2,1-3H3,(H,14,16). The highest BCUT2D eigenvalue weighted by Crippen LogP contribution is 2.15. The Morgan fingerprint density at radius 1 is 1.35 bits per heavy atom.